The van der Waals surface area contributed by atoms with E-state index >= 15 is 0 Å². The van der Waals surface area contributed by atoms with Gasteiger partial charge in [-0.2, -0.15) is 5.10 Å². The fourth-order valence-corrected chi connectivity index (χ4v) is 3.31. The number of hydrogen-bond donors (Lipinski definition) is 1. The number of nitrogens with one attached hydrogen (secondary N) is 1. The van der Waals surface area contributed by atoms with E-state index in [4.69, 9.17) is 0 Å². The smallest absolute Gasteiger partial charge is 0.230 e. The summed E-state index contributed by atoms with van der Waals surface area (Å²) in [6.07, 6.45) is 3.91. The van der Waals surface area contributed by atoms with Gasteiger partial charge in [-0.25, -0.2) is 0 Å². The zero-order valence-corrected chi connectivity index (χ0v) is 14.6. The van der Waals surface area contributed by atoms with Crippen LogP contribution in [0, 0.1) is 19.3 Å². The van der Waals surface area contributed by atoms with Crippen molar-refractivity contribution in [2.75, 3.05) is 12.3 Å². The van der Waals surface area contributed by atoms with Gasteiger partial charge < -0.3 is 9.88 Å². The monoisotopic (exact) mass is 334 g/mol. The molecule has 0 spiro atoms. The molecule has 0 saturated heterocycles. The number of carbonyl (C=O) groups excluding carboxylic acids is 1. The third kappa shape index (κ3) is 3.93. The van der Waals surface area contributed by atoms with Crippen molar-refractivity contribution in [1.29, 1.82) is 0 Å². The van der Waals surface area contributed by atoms with Crippen LogP contribution in [0.25, 0.3) is 0 Å². The van der Waals surface area contributed by atoms with Gasteiger partial charge in [0.15, 0.2) is 5.16 Å². The van der Waals surface area contributed by atoms with Crippen molar-refractivity contribution in [2.45, 2.75) is 38.4 Å². The lowest BCUT2D eigenvalue weighted by molar-refractivity contribution is -0.118. The summed E-state index contributed by atoms with van der Waals surface area (Å²) in [7, 11) is 1.87. The predicted molar refractivity (Wildman–Crippen MR) is 88.1 cm³/mol. The van der Waals surface area contributed by atoms with Crippen LogP contribution in [-0.2, 0) is 18.4 Å². The molecule has 7 nitrogen and oxygen atoms in total. The summed E-state index contributed by atoms with van der Waals surface area (Å²) < 4.78 is 3.87. The average Bonchev–Trinajstić information content (AvgIpc) is 3.03. The molecule has 1 aliphatic carbocycles. The highest BCUT2D eigenvalue weighted by atomic mass is 32.2. The Hall–Kier alpha value is -1.83. The van der Waals surface area contributed by atoms with Gasteiger partial charge in [0, 0.05) is 31.2 Å². The molecule has 0 atom stereocenters. The van der Waals surface area contributed by atoms with Gasteiger partial charge >= 0.3 is 0 Å². The van der Waals surface area contributed by atoms with Crippen LogP contribution in [0.4, 0.5) is 0 Å². The van der Waals surface area contributed by atoms with Crippen LogP contribution in [0.1, 0.15) is 24.2 Å². The molecule has 23 heavy (non-hydrogen) atoms. The molecule has 0 unspecified atom stereocenters. The summed E-state index contributed by atoms with van der Waals surface area (Å²) in [6.45, 7) is 5.67. The molecule has 0 aromatic carbocycles. The van der Waals surface area contributed by atoms with Crippen LogP contribution in [0.3, 0.4) is 0 Å². The topological polar surface area (TPSA) is 77.6 Å². The Morgan fingerprint density at radius 2 is 2.22 bits per heavy atom. The summed E-state index contributed by atoms with van der Waals surface area (Å²) >= 11 is 1.40. The number of rotatable bonds is 7. The van der Waals surface area contributed by atoms with E-state index in [0.717, 1.165) is 30.2 Å². The number of thioether (sulfide) groups is 1. The third-order valence-corrected chi connectivity index (χ3v) is 5.24. The Labute approximate surface area is 139 Å². The Balaban J connectivity index is 1.47. The van der Waals surface area contributed by atoms with Crippen molar-refractivity contribution >= 4 is 17.7 Å². The standard InChI is InChI=1S/C15H22N6OS/c1-11-6-12(2)21(19-11)9-15(4-5-15)8-16-13(22)7-23-14-18-17-10-20(14)3/h6,10H,4-5,7-9H2,1-3H3,(H,16,22). The quantitative estimate of drug-likeness (QED) is 0.773. The summed E-state index contributed by atoms with van der Waals surface area (Å²) in [4.78, 5) is 12.0. The van der Waals surface area contributed by atoms with Crippen molar-refractivity contribution in [3.05, 3.63) is 23.8 Å². The van der Waals surface area contributed by atoms with E-state index in [-0.39, 0.29) is 11.3 Å². The van der Waals surface area contributed by atoms with Gasteiger partial charge in [0.25, 0.3) is 0 Å². The maximum Gasteiger partial charge on any atom is 0.230 e. The zero-order valence-electron chi connectivity index (χ0n) is 13.7. The highest BCUT2D eigenvalue weighted by Crippen LogP contribution is 2.46. The lowest BCUT2D eigenvalue weighted by Gasteiger charge is -2.17. The molecule has 1 saturated carbocycles. The number of nitrogens with zero attached hydrogens (tertiary/aromatic N) is 5. The molecule has 1 aliphatic rings. The Bertz CT molecular complexity index is 703. The second-order valence-electron chi connectivity index (χ2n) is 6.37. The normalized spacial score (nSPS) is 15.6. The first-order valence-electron chi connectivity index (χ1n) is 7.72. The number of carbonyl (C=O) groups is 1. The third-order valence-electron chi connectivity index (χ3n) is 4.21. The van der Waals surface area contributed by atoms with E-state index in [0.29, 0.717) is 12.3 Å². The van der Waals surface area contributed by atoms with E-state index < -0.39 is 0 Å². The highest BCUT2D eigenvalue weighted by Gasteiger charge is 2.43. The molecule has 8 heteroatoms. The van der Waals surface area contributed by atoms with E-state index in [1.165, 1.54) is 17.5 Å². The molecule has 2 heterocycles. The molecule has 1 amide bonds. The van der Waals surface area contributed by atoms with Crippen molar-refractivity contribution in [2.24, 2.45) is 12.5 Å². The van der Waals surface area contributed by atoms with Crippen molar-refractivity contribution < 1.29 is 4.79 Å². The van der Waals surface area contributed by atoms with Gasteiger partial charge in [-0.15, -0.1) is 10.2 Å². The Morgan fingerprint density at radius 3 is 2.78 bits per heavy atom. The molecule has 0 aliphatic heterocycles. The summed E-state index contributed by atoms with van der Waals surface area (Å²) in [5.41, 5.74) is 2.40. The predicted octanol–water partition coefficient (Wildman–Crippen LogP) is 1.32. The van der Waals surface area contributed by atoms with E-state index in [1.807, 2.05) is 18.5 Å². The SMILES string of the molecule is Cc1cc(C)n(CC2(CNC(=O)CSc3nncn3C)CC2)n1. The molecule has 124 valence electrons. The van der Waals surface area contributed by atoms with Crippen LogP contribution in [0.2, 0.25) is 0 Å². The fraction of sp³-hybridized carbons (Fsp3) is 0.600. The molecule has 0 radical (unpaired) electrons. The van der Waals surface area contributed by atoms with Crippen LogP contribution in [0.5, 0.6) is 0 Å². The number of amides is 1. The Kier molecular flexibility index (Phi) is 4.43. The molecule has 0 bridgehead atoms. The van der Waals surface area contributed by atoms with Crippen LogP contribution >= 0.6 is 11.8 Å². The molecule has 3 rings (SSSR count). The first kappa shape index (κ1) is 16.0. The number of hydrogen-bond acceptors (Lipinski definition) is 5. The van der Waals surface area contributed by atoms with Gasteiger partial charge in [0.05, 0.1) is 11.4 Å². The lowest BCUT2D eigenvalue weighted by atomic mass is 10.1. The van der Waals surface area contributed by atoms with Crippen LogP contribution in [0.15, 0.2) is 17.6 Å². The van der Waals surface area contributed by atoms with Crippen LogP contribution < -0.4 is 5.32 Å². The number of aromatic nitrogens is 5. The molecular formula is C15H22N6OS. The maximum absolute atomic E-state index is 12.0. The minimum absolute atomic E-state index is 0.0395. The zero-order chi connectivity index (χ0) is 16.4. The van der Waals surface area contributed by atoms with Gasteiger partial charge in [-0.1, -0.05) is 11.8 Å². The molecule has 1 N–H and O–H groups in total. The van der Waals surface area contributed by atoms with Crippen molar-refractivity contribution in [3.8, 4) is 0 Å². The van der Waals surface area contributed by atoms with Gasteiger partial charge in [0.1, 0.15) is 6.33 Å². The van der Waals surface area contributed by atoms with E-state index in [1.54, 1.807) is 6.33 Å². The van der Waals surface area contributed by atoms with Crippen molar-refractivity contribution in [1.82, 2.24) is 29.9 Å². The minimum atomic E-state index is 0.0395. The van der Waals surface area contributed by atoms with E-state index in [2.05, 4.69) is 38.3 Å². The second-order valence-corrected chi connectivity index (χ2v) is 7.32. The molecule has 1 fully saturated rings. The summed E-state index contributed by atoms with van der Waals surface area (Å²) in [6, 6.07) is 2.09. The van der Waals surface area contributed by atoms with Crippen molar-refractivity contribution in [3.63, 3.8) is 0 Å². The number of aryl methyl sites for hydroxylation is 3. The molecular weight excluding hydrogens is 312 g/mol. The highest BCUT2D eigenvalue weighted by molar-refractivity contribution is 7.99. The Morgan fingerprint density at radius 1 is 1.43 bits per heavy atom. The average molecular weight is 334 g/mol. The van der Waals surface area contributed by atoms with Gasteiger partial charge in [0.2, 0.25) is 5.91 Å². The summed E-state index contributed by atoms with van der Waals surface area (Å²) in [5.74, 6) is 0.403. The van der Waals surface area contributed by atoms with E-state index in [9.17, 15) is 4.79 Å². The minimum Gasteiger partial charge on any atom is -0.355 e. The first-order chi connectivity index (χ1) is 11.0. The lowest BCUT2D eigenvalue weighted by Crippen LogP contribution is -2.33. The van der Waals surface area contributed by atoms with Gasteiger partial charge in [-0.3, -0.25) is 9.48 Å². The molecule has 2 aromatic rings. The summed E-state index contributed by atoms with van der Waals surface area (Å²) in [5, 5.41) is 16.1. The first-order valence-corrected chi connectivity index (χ1v) is 8.71. The van der Waals surface area contributed by atoms with Gasteiger partial charge in [-0.05, 0) is 32.8 Å². The molecule has 2 aromatic heterocycles. The largest absolute Gasteiger partial charge is 0.355 e. The second kappa shape index (κ2) is 6.35. The maximum atomic E-state index is 12.0. The van der Waals surface area contributed by atoms with Crippen LogP contribution in [-0.4, -0.2) is 42.7 Å². The fourth-order valence-electron chi connectivity index (χ4n) is 2.59.